The SMILES string of the molecule is Cc1nn(C)c(CC(NN)C2COc3ccccc32)c1Br. The molecular weight excluding hydrogens is 332 g/mol. The number of hydrogen-bond acceptors (Lipinski definition) is 4. The highest BCUT2D eigenvalue weighted by molar-refractivity contribution is 9.10. The molecule has 0 saturated carbocycles. The van der Waals surface area contributed by atoms with Gasteiger partial charge in [-0.3, -0.25) is 16.0 Å². The third kappa shape index (κ3) is 2.59. The van der Waals surface area contributed by atoms with Crippen LogP contribution in [0.4, 0.5) is 0 Å². The van der Waals surface area contributed by atoms with Gasteiger partial charge in [0.2, 0.25) is 0 Å². The summed E-state index contributed by atoms with van der Waals surface area (Å²) in [4.78, 5) is 0. The first kappa shape index (κ1) is 14.6. The molecule has 1 aliphatic rings. The largest absolute Gasteiger partial charge is 0.493 e. The molecule has 3 N–H and O–H groups in total. The maximum atomic E-state index is 5.81. The Kier molecular flexibility index (Phi) is 4.01. The van der Waals surface area contributed by atoms with Gasteiger partial charge in [0.1, 0.15) is 5.75 Å². The summed E-state index contributed by atoms with van der Waals surface area (Å²) in [6, 6.07) is 8.25. The minimum absolute atomic E-state index is 0.0970. The van der Waals surface area contributed by atoms with Crippen LogP contribution in [0, 0.1) is 6.92 Å². The number of aromatic nitrogens is 2. The minimum Gasteiger partial charge on any atom is -0.493 e. The zero-order valence-electron chi connectivity index (χ0n) is 12.1. The van der Waals surface area contributed by atoms with Crippen LogP contribution < -0.4 is 16.0 Å². The Morgan fingerprint density at radius 3 is 2.95 bits per heavy atom. The number of para-hydroxylation sites is 1. The van der Waals surface area contributed by atoms with E-state index in [0.29, 0.717) is 6.61 Å². The molecular formula is C15H19BrN4O. The Hall–Kier alpha value is -1.37. The number of rotatable bonds is 4. The molecule has 0 bridgehead atoms. The van der Waals surface area contributed by atoms with Crippen molar-refractivity contribution >= 4 is 15.9 Å². The van der Waals surface area contributed by atoms with Crippen molar-refractivity contribution in [3.63, 3.8) is 0 Å². The van der Waals surface area contributed by atoms with Crippen molar-refractivity contribution in [2.75, 3.05) is 6.61 Å². The molecule has 2 unspecified atom stereocenters. The summed E-state index contributed by atoms with van der Waals surface area (Å²) in [5.41, 5.74) is 6.30. The van der Waals surface area contributed by atoms with E-state index in [2.05, 4.69) is 32.5 Å². The van der Waals surface area contributed by atoms with Gasteiger partial charge in [0.25, 0.3) is 0 Å². The first-order valence-corrected chi connectivity index (χ1v) is 7.77. The van der Waals surface area contributed by atoms with Crippen LogP contribution in [0.1, 0.15) is 22.9 Å². The summed E-state index contributed by atoms with van der Waals surface area (Å²) >= 11 is 3.62. The van der Waals surface area contributed by atoms with Crippen LogP contribution >= 0.6 is 15.9 Å². The molecule has 2 aromatic rings. The van der Waals surface area contributed by atoms with Gasteiger partial charge in [-0.1, -0.05) is 18.2 Å². The zero-order chi connectivity index (χ0) is 15.0. The molecule has 0 saturated heterocycles. The highest BCUT2D eigenvalue weighted by Gasteiger charge is 2.32. The van der Waals surface area contributed by atoms with Crippen LogP contribution in [0.3, 0.4) is 0 Å². The quantitative estimate of drug-likeness (QED) is 0.654. The fraction of sp³-hybridized carbons (Fsp3) is 0.400. The molecule has 0 spiro atoms. The van der Waals surface area contributed by atoms with Crippen LogP contribution in [0.2, 0.25) is 0 Å². The van der Waals surface area contributed by atoms with E-state index in [1.165, 1.54) is 5.56 Å². The highest BCUT2D eigenvalue weighted by atomic mass is 79.9. The summed E-state index contributed by atoms with van der Waals surface area (Å²) in [5, 5.41) is 4.44. The van der Waals surface area contributed by atoms with Crippen LogP contribution in [0.15, 0.2) is 28.7 Å². The van der Waals surface area contributed by atoms with E-state index in [1.807, 2.05) is 36.9 Å². The summed E-state index contributed by atoms with van der Waals surface area (Å²) in [6.45, 7) is 2.65. The molecule has 21 heavy (non-hydrogen) atoms. The van der Waals surface area contributed by atoms with Crippen molar-refractivity contribution in [3.8, 4) is 5.75 Å². The van der Waals surface area contributed by atoms with E-state index < -0.39 is 0 Å². The van der Waals surface area contributed by atoms with Crippen molar-refractivity contribution in [3.05, 3.63) is 45.7 Å². The second kappa shape index (κ2) is 5.79. The van der Waals surface area contributed by atoms with Gasteiger partial charge >= 0.3 is 0 Å². The van der Waals surface area contributed by atoms with Gasteiger partial charge in [0, 0.05) is 31.0 Å². The molecule has 6 heteroatoms. The van der Waals surface area contributed by atoms with Gasteiger partial charge < -0.3 is 4.74 Å². The Balaban J connectivity index is 1.87. The molecule has 2 heterocycles. The van der Waals surface area contributed by atoms with E-state index >= 15 is 0 Å². The number of fused-ring (bicyclic) bond motifs is 1. The normalized spacial score (nSPS) is 18.4. The van der Waals surface area contributed by atoms with E-state index in [9.17, 15) is 0 Å². The second-order valence-electron chi connectivity index (χ2n) is 5.40. The fourth-order valence-electron chi connectivity index (χ4n) is 2.95. The Morgan fingerprint density at radius 1 is 1.52 bits per heavy atom. The van der Waals surface area contributed by atoms with Crippen molar-refractivity contribution in [1.29, 1.82) is 0 Å². The zero-order valence-corrected chi connectivity index (χ0v) is 13.7. The van der Waals surface area contributed by atoms with Crippen LogP contribution in [0.5, 0.6) is 5.75 Å². The van der Waals surface area contributed by atoms with Gasteiger partial charge in [0.15, 0.2) is 0 Å². The fourth-order valence-corrected chi connectivity index (χ4v) is 3.45. The molecule has 0 aliphatic carbocycles. The molecule has 1 aromatic carbocycles. The predicted molar refractivity (Wildman–Crippen MR) is 85.1 cm³/mol. The first-order valence-electron chi connectivity index (χ1n) is 6.97. The van der Waals surface area contributed by atoms with Gasteiger partial charge in [-0.2, -0.15) is 5.10 Å². The molecule has 112 valence electrons. The predicted octanol–water partition coefficient (Wildman–Crippen LogP) is 2.04. The average molecular weight is 351 g/mol. The van der Waals surface area contributed by atoms with Crippen LogP contribution in [-0.2, 0) is 13.5 Å². The van der Waals surface area contributed by atoms with Gasteiger partial charge in [-0.15, -0.1) is 0 Å². The van der Waals surface area contributed by atoms with Gasteiger partial charge in [-0.25, -0.2) is 0 Å². The van der Waals surface area contributed by atoms with Gasteiger partial charge in [-0.05, 0) is 28.9 Å². The van der Waals surface area contributed by atoms with E-state index in [4.69, 9.17) is 10.6 Å². The number of benzene rings is 1. The van der Waals surface area contributed by atoms with Crippen molar-refractivity contribution in [1.82, 2.24) is 15.2 Å². The van der Waals surface area contributed by atoms with E-state index in [0.717, 1.165) is 28.0 Å². The lowest BCUT2D eigenvalue weighted by atomic mass is 9.91. The van der Waals surface area contributed by atoms with Gasteiger partial charge in [0.05, 0.1) is 22.5 Å². The third-order valence-corrected chi connectivity index (χ3v) is 5.14. The van der Waals surface area contributed by atoms with Crippen molar-refractivity contribution in [2.24, 2.45) is 12.9 Å². The first-order chi connectivity index (χ1) is 10.1. The summed E-state index contributed by atoms with van der Waals surface area (Å²) < 4.78 is 8.73. The molecule has 3 rings (SSSR count). The molecule has 0 fully saturated rings. The summed E-state index contributed by atoms with van der Waals surface area (Å²) in [7, 11) is 1.96. The smallest absolute Gasteiger partial charge is 0.122 e. The second-order valence-corrected chi connectivity index (χ2v) is 6.20. The monoisotopic (exact) mass is 350 g/mol. The van der Waals surface area contributed by atoms with Crippen molar-refractivity contribution < 1.29 is 4.74 Å². The number of nitrogens with two attached hydrogens (primary N) is 1. The molecule has 1 aliphatic heterocycles. The number of ether oxygens (including phenoxy) is 1. The summed E-state index contributed by atoms with van der Waals surface area (Å²) in [5.74, 6) is 7.02. The Bertz CT molecular complexity index is 655. The summed E-state index contributed by atoms with van der Waals surface area (Å²) in [6.07, 6.45) is 0.788. The van der Waals surface area contributed by atoms with E-state index in [1.54, 1.807) is 0 Å². The van der Waals surface area contributed by atoms with Crippen LogP contribution in [0.25, 0.3) is 0 Å². The minimum atomic E-state index is 0.0970. The lowest BCUT2D eigenvalue weighted by Gasteiger charge is -2.22. The number of hydrazine groups is 1. The number of hydrogen-bond donors (Lipinski definition) is 2. The average Bonchev–Trinajstić information content (AvgIpc) is 3.00. The van der Waals surface area contributed by atoms with E-state index in [-0.39, 0.29) is 12.0 Å². The van der Waals surface area contributed by atoms with Crippen LogP contribution in [-0.4, -0.2) is 22.4 Å². The molecule has 0 amide bonds. The topological polar surface area (TPSA) is 65.1 Å². The lowest BCUT2D eigenvalue weighted by Crippen LogP contribution is -2.42. The molecule has 5 nitrogen and oxygen atoms in total. The number of nitrogens with one attached hydrogen (secondary N) is 1. The maximum absolute atomic E-state index is 5.81. The molecule has 1 aromatic heterocycles. The maximum Gasteiger partial charge on any atom is 0.122 e. The molecule has 0 radical (unpaired) electrons. The third-order valence-electron chi connectivity index (χ3n) is 4.11. The Labute approximate surface area is 132 Å². The number of nitrogens with zero attached hydrogens (tertiary/aromatic N) is 2. The Morgan fingerprint density at radius 2 is 2.29 bits per heavy atom. The van der Waals surface area contributed by atoms with Crippen molar-refractivity contribution in [2.45, 2.75) is 25.3 Å². The lowest BCUT2D eigenvalue weighted by molar-refractivity contribution is 0.296. The standard InChI is InChI=1S/C15H19BrN4O/c1-9-15(16)13(20(2)19-9)7-12(18-17)11-8-21-14-6-4-3-5-10(11)14/h3-6,11-12,18H,7-8,17H2,1-2H3. The number of halogens is 1. The molecule has 2 atom stereocenters. The highest BCUT2D eigenvalue weighted by Crippen LogP contribution is 2.36. The number of aryl methyl sites for hydroxylation is 2.